The van der Waals surface area contributed by atoms with Crippen molar-refractivity contribution in [2.45, 2.75) is 33.6 Å². The van der Waals surface area contributed by atoms with E-state index in [2.05, 4.69) is 23.3 Å². The highest BCUT2D eigenvalue weighted by atomic mass is 16.1. The first-order valence-electron chi connectivity index (χ1n) is 6.14. The number of pyridine rings is 1. The topological polar surface area (TPSA) is 42.0 Å². The van der Waals surface area contributed by atoms with Crippen molar-refractivity contribution in [2.75, 3.05) is 6.54 Å². The Kier molecular flexibility index (Phi) is 5.40. The summed E-state index contributed by atoms with van der Waals surface area (Å²) in [7, 11) is 0. The van der Waals surface area contributed by atoms with Gasteiger partial charge in [0.05, 0.1) is 0 Å². The van der Waals surface area contributed by atoms with Gasteiger partial charge >= 0.3 is 0 Å². The Morgan fingerprint density at radius 3 is 2.82 bits per heavy atom. The minimum atomic E-state index is -0.0914. The highest BCUT2D eigenvalue weighted by Gasteiger charge is 2.07. The number of hydrogen-bond acceptors (Lipinski definition) is 2. The van der Waals surface area contributed by atoms with Crippen LogP contribution in [-0.4, -0.2) is 17.4 Å². The maximum Gasteiger partial charge on any atom is 0.270 e. The summed E-state index contributed by atoms with van der Waals surface area (Å²) in [6, 6.07) is 1.94. The third-order valence-electron chi connectivity index (χ3n) is 2.49. The molecular weight excluding hydrogens is 212 g/mol. The second-order valence-corrected chi connectivity index (χ2v) is 3.82. The van der Waals surface area contributed by atoms with Crippen molar-refractivity contribution in [2.24, 2.45) is 0 Å². The largest absolute Gasteiger partial charge is 0.351 e. The van der Waals surface area contributed by atoms with Crippen LogP contribution in [0.5, 0.6) is 0 Å². The molecule has 1 rings (SSSR count). The van der Waals surface area contributed by atoms with Gasteiger partial charge in [-0.05, 0) is 31.1 Å². The van der Waals surface area contributed by atoms with Crippen LogP contribution < -0.4 is 15.8 Å². The molecule has 0 aliphatic carbocycles. The van der Waals surface area contributed by atoms with Crippen LogP contribution in [0.15, 0.2) is 12.3 Å². The summed E-state index contributed by atoms with van der Waals surface area (Å²) in [5, 5.41) is 4.85. The third kappa shape index (κ3) is 3.41. The van der Waals surface area contributed by atoms with E-state index in [1.807, 2.05) is 26.0 Å². The highest BCUT2D eigenvalue weighted by Crippen LogP contribution is 1.85. The lowest BCUT2D eigenvalue weighted by molar-refractivity contribution is 0.0947. The zero-order chi connectivity index (χ0) is 12.7. The highest BCUT2D eigenvalue weighted by molar-refractivity contribution is 5.92. The molecule has 3 nitrogen and oxygen atoms in total. The average molecular weight is 232 g/mol. The number of rotatable bonds is 4. The summed E-state index contributed by atoms with van der Waals surface area (Å²) in [4.78, 5) is 16.1. The van der Waals surface area contributed by atoms with Gasteiger partial charge in [-0.15, -0.1) is 0 Å². The monoisotopic (exact) mass is 232 g/mol. The molecule has 0 saturated heterocycles. The molecule has 0 aliphatic rings. The molecule has 17 heavy (non-hydrogen) atoms. The molecule has 0 fully saturated rings. The van der Waals surface area contributed by atoms with Gasteiger partial charge < -0.3 is 5.32 Å². The van der Waals surface area contributed by atoms with Gasteiger partial charge in [-0.25, -0.2) is 0 Å². The summed E-state index contributed by atoms with van der Waals surface area (Å²) in [6.45, 7) is 6.73. The lowest BCUT2D eigenvalue weighted by atomic mass is 10.2. The van der Waals surface area contributed by atoms with Crippen molar-refractivity contribution in [1.29, 1.82) is 0 Å². The number of nitrogens with zero attached hydrogens (tertiary/aromatic N) is 1. The Morgan fingerprint density at radius 1 is 1.47 bits per heavy atom. The summed E-state index contributed by atoms with van der Waals surface area (Å²) >= 11 is 0. The summed E-state index contributed by atoms with van der Waals surface area (Å²) in [5.74, 6) is -0.0914. The normalized spacial score (nSPS) is 12.9. The lowest BCUT2D eigenvalue weighted by Gasteiger charge is -2.03. The first-order valence-corrected chi connectivity index (χ1v) is 6.14. The number of carbonyl (C=O) groups is 1. The Bertz CT molecular complexity index is 491. The van der Waals surface area contributed by atoms with Crippen molar-refractivity contribution in [3.8, 4) is 0 Å². The van der Waals surface area contributed by atoms with Gasteiger partial charge in [0, 0.05) is 18.0 Å². The fraction of sp³-hybridized carbons (Fsp3) is 0.429. The lowest BCUT2D eigenvalue weighted by Crippen LogP contribution is -2.37. The quantitative estimate of drug-likeness (QED) is 0.848. The molecule has 0 saturated carbocycles. The second-order valence-electron chi connectivity index (χ2n) is 3.82. The van der Waals surface area contributed by atoms with Crippen molar-refractivity contribution in [3.63, 3.8) is 0 Å². The molecule has 1 aromatic heterocycles. The van der Waals surface area contributed by atoms with Crippen LogP contribution in [0.25, 0.3) is 12.2 Å². The Morgan fingerprint density at radius 2 is 2.24 bits per heavy atom. The molecular formula is C14H20N2O. The van der Waals surface area contributed by atoms with Crippen LogP contribution in [-0.2, 0) is 0 Å². The number of carbonyl (C=O) groups excluding carboxylic acids is 1. The summed E-state index contributed by atoms with van der Waals surface area (Å²) in [5.41, 5.74) is 0.517. The van der Waals surface area contributed by atoms with Crippen molar-refractivity contribution in [3.05, 3.63) is 28.4 Å². The van der Waals surface area contributed by atoms with Gasteiger partial charge in [-0.1, -0.05) is 26.0 Å². The molecule has 0 aromatic carbocycles. The molecule has 0 unspecified atom stereocenters. The van der Waals surface area contributed by atoms with Gasteiger partial charge in [-0.2, -0.15) is 0 Å². The van der Waals surface area contributed by atoms with Crippen LogP contribution in [0.2, 0.25) is 0 Å². The predicted molar refractivity (Wildman–Crippen MR) is 71.0 cm³/mol. The van der Waals surface area contributed by atoms with E-state index in [-0.39, 0.29) is 5.91 Å². The van der Waals surface area contributed by atoms with Crippen LogP contribution >= 0.6 is 0 Å². The van der Waals surface area contributed by atoms with Crippen LogP contribution in [0.4, 0.5) is 0 Å². The first kappa shape index (κ1) is 13.4. The molecule has 0 aliphatic heterocycles. The predicted octanol–water partition coefficient (Wildman–Crippen LogP) is 1.21. The Labute approximate surface area is 102 Å². The minimum Gasteiger partial charge on any atom is -0.351 e. The van der Waals surface area contributed by atoms with Gasteiger partial charge in [0.1, 0.15) is 5.69 Å². The van der Waals surface area contributed by atoms with Crippen LogP contribution in [0, 0.1) is 0 Å². The van der Waals surface area contributed by atoms with E-state index >= 15 is 0 Å². The average Bonchev–Trinajstić information content (AvgIpc) is 2.36. The van der Waals surface area contributed by atoms with Gasteiger partial charge in [0.25, 0.3) is 5.91 Å². The van der Waals surface area contributed by atoms with Crippen molar-refractivity contribution < 1.29 is 4.79 Å². The zero-order valence-electron chi connectivity index (χ0n) is 10.8. The molecule has 1 N–H and O–H groups in total. The van der Waals surface area contributed by atoms with E-state index in [9.17, 15) is 4.79 Å². The van der Waals surface area contributed by atoms with E-state index < -0.39 is 0 Å². The minimum absolute atomic E-state index is 0.0914. The standard InChI is InChI=1S/C14H20N2O/c1-4-7-11-8-10-15-13(12(11)6-3)14(17)16-9-5-2/h6-8,10H,4-5,9H2,1-3H3,(H,16,17)/b11-7?,12-6+. The maximum atomic E-state index is 11.9. The third-order valence-corrected chi connectivity index (χ3v) is 2.49. The first-order chi connectivity index (χ1) is 8.24. The van der Waals surface area contributed by atoms with E-state index in [1.54, 1.807) is 6.20 Å². The molecule has 0 radical (unpaired) electrons. The summed E-state index contributed by atoms with van der Waals surface area (Å²) in [6.07, 6.45) is 7.61. The Balaban J connectivity index is 3.22. The molecule has 0 bridgehead atoms. The fourth-order valence-electron chi connectivity index (χ4n) is 1.69. The van der Waals surface area contributed by atoms with Crippen molar-refractivity contribution >= 4 is 18.1 Å². The molecule has 1 aromatic rings. The van der Waals surface area contributed by atoms with Gasteiger partial charge in [0.2, 0.25) is 0 Å². The zero-order valence-corrected chi connectivity index (χ0v) is 10.8. The summed E-state index contributed by atoms with van der Waals surface area (Å²) < 4.78 is 0. The van der Waals surface area contributed by atoms with Gasteiger partial charge in [-0.3, -0.25) is 9.78 Å². The molecule has 0 atom stereocenters. The van der Waals surface area contributed by atoms with Crippen LogP contribution in [0.1, 0.15) is 44.1 Å². The molecule has 0 spiro atoms. The number of amides is 1. The number of aromatic nitrogens is 1. The number of nitrogens with one attached hydrogen (secondary N) is 1. The van der Waals surface area contributed by atoms with Crippen molar-refractivity contribution in [1.82, 2.24) is 10.3 Å². The second kappa shape index (κ2) is 6.84. The van der Waals surface area contributed by atoms with Crippen LogP contribution in [0.3, 0.4) is 0 Å². The number of hydrogen-bond donors (Lipinski definition) is 1. The SMILES string of the molecule is C/C=c1/c(C(=O)NCCC)nccc1=CCC. The van der Waals surface area contributed by atoms with Gasteiger partial charge in [0.15, 0.2) is 0 Å². The maximum absolute atomic E-state index is 11.9. The molecule has 1 heterocycles. The van der Waals surface area contributed by atoms with E-state index in [0.29, 0.717) is 12.2 Å². The molecule has 92 valence electrons. The molecule has 3 heteroatoms. The van der Waals surface area contributed by atoms with E-state index in [1.165, 1.54) is 0 Å². The smallest absolute Gasteiger partial charge is 0.270 e. The Hall–Kier alpha value is -1.64. The van der Waals surface area contributed by atoms with E-state index in [0.717, 1.165) is 23.3 Å². The fourth-order valence-corrected chi connectivity index (χ4v) is 1.69. The van der Waals surface area contributed by atoms with E-state index in [4.69, 9.17) is 0 Å². The molecule has 1 amide bonds.